The van der Waals surface area contributed by atoms with Gasteiger partial charge in [0.05, 0.1) is 47.8 Å². The number of rotatable bonds is 10. The number of nitrogens with two attached hydrogens (primary N) is 2. The maximum atomic E-state index is 15.6. The molecule has 0 spiro atoms. The second-order valence-corrected chi connectivity index (χ2v) is 13.4. The second kappa shape index (κ2) is 13.3. The van der Waals surface area contributed by atoms with Crippen molar-refractivity contribution in [2.75, 3.05) is 23.7 Å². The summed E-state index contributed by atoms with van der Waals surface area (Å²) < 4.78 is 54.8. The van der Waals surface area contributed by atoms with Crippen molar-refractivity contribution < 1.29 is 27.3 Å². The number of hydrogen-bond acceptors (Lipinski definition) is 11. The lowest BCUT2D eigenvalue weighted by molar-refractivity contribution is 0.145. The van der Waals surface area contributed by atoms with E-state index < -0.39 is 36.8 Å². The highest BCUT2D eigenvalue weighted by molar-refractivity contribution is 7.47. The molecule has 1 aliphatic rings. The van der Waals surface area contributed by atoms with Gasteiger partial charge >= 0.3 is 7.82 Å². The summed E-state index contributed by atoms with van der Waals surface area (Å²) in [5.74, 6) is -2.56. The van der Waals surface area contributed by atoms with Crippen molar-refractivity contribution in [3.63, 3.8) is 0 Å². The topological polar surface area (TPSA) is 180 Å². The number of halogens is 3. The number of nitrogen functional groups attached to an aromatic ring is 1. The van der Waals surface area contributed by atoms with E-state index >= 15 is 8.78 Å². The molecule has 252 valence electrons. The zero-order valence-electron chi connectivity index (χ0n) is 26.1. The maximum Gasteiger partial charge on any atom is 0.527 e. The number of piperidine rings is 1. The zero-order valence-corrected chi connectivity index (χ0v) is 27.7. The molecule has 3 atom stereocenters. The summed E-state index contributed by atoms with van der Waals surface area (Å²) in [5.41, 5.74) is 14.9. The number of aromatic nitrogens is 6. The number of phosphoric acid groups is 1. The van der Waals surface area contributed by atoms with Crippen LogP contribution in [0.2, 0.25) is 5.15 Å². The predicted molar refractivity (Wildman–Crippen MR) is 176 cm³/mol. The molecule has 2 unspecified atom stereocenters. The van der Waals surface area contributed by atoms with Crippen molar-refractivity contribution in [1.29, 1.82) is 0 Å². The summed E-state index contributed by atoms with van der Waals surface area (Å²) >= 11 is 6.19. The van der Waals surface area contributed by atoms with Gasteiger partial charge in [-0.05, 0) is 56.0 Å². The summed E-state index contributed by atoms with van der Waals surface area (Å²) in [6.07, 6.45) is 5.65. The molecule has 0 aliphatic carbocycles. The molecule has 4 aromatic heterocycles. The number of pyridine rings is 2. The number of phosphoric ester groups is 1. The van der Waals surface area contributed by atoms with Crippen molar-refractivity contribution in [1.82, 2.24) is 29.5 Å². The highest BCUT2D eigenvalue weighted by Crippen LogP contribution is 2.47. The standard InChI is InChI=1S/C31H33ClF2N9O4P/c1-3-18(2)46-48(44,45)47-25-12-21(33)20(11-22(25)34)23-10-19(14-43-17-40-28-29(35)38-16-39-30(28)43)24(13-37-23)42-9-5-8-31(36,15-42)26-6-4-7-27(32)41-26/h4,6-7,10-13,16-18H,3,5,8-9,14-15,36H2,1-2H3,(H,44,45)(H2,35,38,39)/t18?,31-/m1/s1. The summed E-state index contributed by atoms with van der Waals surface area (Å²) in [6.45, 7) is 4.51. The lowest BCUT2D eigenvalue weighted by Gasteiger charge is -2.41. The van der Waals surface area contributed by atoms with Crippen LogP contribution in [0.4, 0.5) is 20.3 Å². The molecule has 5 N–H and O–H groups in total. The molecular formula is C31H33ClF2N9O4P. The first-order valence-electron chi connectivity index (χ1n) is 15.1. The number of imidazole rings is 1. The van der Waals surface area contributed by atoms with Gasteiger partial charge in [-0.3, -0.25) is 14.4 Å². The van der Waals surface area contributed by atoms with Gasteiger partial charge in [0.1, 0.15) is 22.8 Å². The Balaban J connectivity index is 1.39. The number of nitrogens with zero attached hydrogens (tertiary/aromatic N) is 7. The van der Waals surface area contributed by atoms with E-state index in [1.165, 1.54) is 6.33 Å². The molecule has 1 fully saturated rings. The minimum Gasteiger partial charge on any atom is -0.401 e. The van der Waals surface area contributed by atoms with Crippen molar-refractivity contribution in [3.8, 4) is 17.0 Å². The molecule has 0 saturated carbocycles. The lowest BCUT2D eigenvalue weighted by atomic mass is 9.86. The van der Waals surface area contributed by atoms with E-state index in [1.807, 2.05) is 6.07 Å². The van der Waals surface area contributed by atoms with E-state index in [-0.39, 0.29) is 23.6 Å². The predicted octanol–water partition coefficient (Wildman–Crippen LogP) is 5.59. The van der Waals surface area contributed by atoms with E-state index in [2.05, 4.69) is 29.8 Å². The van der Waals surface area contributed by atoms with Crippen LogP contribution in [-0.2, 0) is 21.2 Å². The SMILES string of the molecule is CCC(C)OP(=O)(O)Oc1cc(F)c(-c2cc(Cn3cnc4c(N)ncnc43)c(N3CCC[C@](N)(c4cccc(Cl)n4)C3)cn2)cc1F. The first-order valence-corrected chi connectivity index (χ1v) is 17.0. The molecule has 6 rings (SSSR count). The molecule has 48 heavy (non-hydrogen) atoms. The molecule has 1 aromatic carbocycles. The number of anilines is 2. The van der Waals surface area contributed by atoms with Crippen molar-refractivity contribution in [2.45, 2.75) is 51.3 Å². The fourth-order valence-corrected chi connectivity index (χ4v) is 6.87. The highest BCUT2D eigenvalue weighted by atomic mass is 35.5. The molecule has 0 bridgehead atoms. The smallest absolute Gasteiger partial charge is 0.401 e. The van der Waals surface area contributed by atoms with Gasteiger partial charge in [0.15, 0.2) is 23.0 Å². The minimum absolute atomic E-state index is 0.103. The third-order valence-electron chi connectivity index (χ3n) is 8.23. The van der Waals surface area contributed by atoms with E-state index in [9.17, 15) is 9.46 Å². The Morgan fingerprint density at radius 2 is 1.98 bits per heavy atom. The Labute approximate surface area is 279 Å². The monoisotopic (exact) mass is 699 g/mol. The van der Waals surface area contributed by atoms with Crippen LogP contribution in [0.1, 0.15) is 44.4 Å². The van der Waals surface area contributed by atoms with E-state index in [0.29, 0.717) is 65.3 Å². The highest BCUT2D eigenvalue weighted by Gasteiger charge is 2.36. The van der Waals surface area contributed by atoms with Gasteiger partial charge in [0.2, 0.25) is 0 Å². The van der Waals surface area contributed by atoms with Crippen LogP contribution in [0, 0.1) is 11.6 Å². The van der Waals surface area contributed by atoms with E-state index in [0.717, 1.165) is 12.5 Å². The fraction of sp³-hybridized carbons (Fsp3) is 0.323. The molecule has 1 saturated heterocycles. The molecule has 0 amide bonds. The van der Waals surface area contributed by atoms with Crippen molar-refractivity contribution in [3.05, 3.63) is 83.3 Å². The molecule has 5 heterocycles. The Bertz CT molecular complexity index is 2040. The van der Waals surface area contributed by atoms with Crippen LogP contribution < -0.4 is 20.9 Å². The molecule has 1 aliphatic heterocycles. The fourth-order valence-electron chi connectivity index (χ4n) is 5.67. The summed E-state index contributed by atoms with van der Waals surface area (Å²) in [6, 6.07) is 8.52. The van der Waals surface area contributed by atoms with Crippen LogP contribution in [-0.4, -0.2) is 53.6 Å². The van der Waals surface area contributed by atoms with Crippen LogP contribution in [0.5, 0.6) is 5.75 Å². The van der Waals surface area contributed by atoms with E-state index in [1.54, 1.807) is 49.1 Å². The average Bonchev–Trinajstić information content (AvgIpc) is 3.46. The normalized spacial score (nSPS) is 18.5. The number of hydrogen-bond donors (Lipinski definition) is 3. The summed E-state index contributed by atoms with van der Waals surface area (Å²) in [5, 5.41) is 0.338. The first-order chi connectivity index (χ1) is 22.9. The van der Waals surface area contributed by atoms with Crippen LogP contribution in [0.3, 0.4) is 0 Å². The van der Waals surface area contributed by atoms with Crippen molar-refractivity contribution in [2.24, 2.45) is 5.73 Å². The second-order valence-electron chi connectivity index (χ2n) is 11.7. The quantitative estimate of drug-likeness (QED) is 0.122. The van der Waals surface area contributed by atoms with Crippen LogP contribution in [0.25, 0.3) is 22.4 Å². The number of fused-ring (bicyclic) bond motifs is 1. The summed E-state index contributed by atoms with van der Waals surface area (Å²) in [4.78, 5) is 33.8. The van der Waals surface area contributed by atoms with Gasteiger partial charge in [-0.2, -0.15) is 0 Å². The first kappa shape index (κ1) is 33.6. The van der Waals surface area contributed by atoms with Crippen LogP contribution >= 0.6 is 19.4 Å². The molecular weight excluding hydrogens is 667 g/mol. The molecule has 5 aromatic rings. The lowest BCUT2D eigenvalue weighted by Crippen LogP contribution is -2.52. The van der Waals surface area contributed by atoms with Crippen molar-refractivity contribution >= 4 is 42.1 Å². The Kier molecular flexibility index (Phi) is 9.33. The number of benzene rings is 1. The van der Waals surface area contributed by atoms with Gasteiger partial charge in [0, 0.05) is 24.7 Å². The minimum atomic E-state index is -4.72. The average molecular weight is 700 g/mol. The Hall–Kier alpha value is -4.27. The Morgan fingerprint density at radius 1 is 1.17 bits per heavy atom. The van der Waals surface area contributed by atoms with Gasteiger partial charge in [-0.1, -0.05) is 24.6 Å². The summed E-state index contributed by atoms with van der Waals surface area (Å²) in [7, 11) is -4.72. The molecule has 13 nitrogen and oxygen atoms in total. The third-order valence-corrected chi connectivity index (χ3v) is 9.49. The Morgan fingerprint density at radius 3 is 2.75 bits per heavy atom. The third kappa shape index (κ3) is 6.96. The van der Waals surface area contributed by atoms with Gasteiger partial charge in [0.25, 0.3) is 0 Å². The zero-order chi connectivity index (χ0) is 34.2. The molecule has 0 radical (unpaired) electrons. The molecule has 17 heteroatoms. The maximum absolute atomic E-state index is 15.6. The van der Waals surface area contributed by atoms with Gasteiger partial charge < -0.3 is 25.5 Å². The van der Waals surface area contributed by atoms with Gasteiger partial charge in [-0.25, -0.2) is 33.3 Å². The van der Waals surface area contributed by atoms with E-state index in [4.69, 9.17) is 32.1 Å². The van der Waals surface area contributed by atoms with Crippen LogP contribution in [0.15, 0.2) is 55.2 Å². The largest absolute Gasteiger partial charge is 0.527 e. The van der Waals surface area contributed by atoms with Gasteiger partial charge in [-0.15, -0.1) is 0 Å².